The van der Waals surface area contributed by atoms with Gasteiger partial charge in [-0.2, -0.15) is 0 Å². The second-order valence-corrected chi connectivity index (χ2v) is 7.49. The molecule has 5 nitrogen and oxygen atoms in total. The second kappa shape index (κ2) is 10.0. The topological polar surface area (TPSA) is 52.7 Å². The maximum Gasteiger partial charge on any atom is 0.178 e. The van der Waals surface area contributed by atoms with Gasteiger partial charge >= 0.3 is 0 Å². The molecule has 2 aromatic heterocycles. The summed E-state index contributed by atoms with van der Waals surface area (Å²) < 4.78 is 4.32. The maximum absolute atomic E-state index is 12.3. The molecule has 2 heterocycles. The van der Waals surface area contributed by atoms with Crippen molar-refractivity contribution in [3.8, 4) is 0 Å². The van der Waals surface area contributed by atoms with Crippen LogP contribution in [-0.4, -0.2) is 24.9 Å². The summed E-state index contributed by atoms with van der Waals surface area (Å²) in [7, 11) is 0. The summed E-state index contributed by atoms with van der Waals surface area (Å²) >= 11 is 0. The molecule has 0 bridgehead atoms. The first-order valence-electron chi connectivity index (χ1n) is 10.6. The number of nitrogens with zero attached hydrogens (tertiary/aromatic N) is 4. The van der Waals surface area contributed by atoms with Gasteiger partial charge < -0.3 is 9.13 Å². The number of hydrogen-bond donors (Lipinski definition) is 0. The molecule has 0 saturated heterocycles. The summed E-state index contributed by atoms with van der Waals surface area (Å²) in [5.41, 5.74) is 2.04. The van der Waals surface area contributed by atoms with Gasteiger partial charge in [-0.3, -0.25) is 4.79 Å². The Morgan fingerprint density at radius 1 is 1.00 bits per heavy atom. The minimum absolute atomic E-state index is 0.0762. The van der Waals surface area contributed by atoms with Crippen molar-refractivity contribution in [1.82, 2.24) is 19.1 Å². The third-order valence-electron chi connectivity index (χ3n) is 5.43. The molecule has 2 atom stereocenters. The van der Waals surface area contributed by atoms with Gasteiger partial charge in [-0.05, 0) is 63.1 Å². The van der Waals surface area contributed by atoms with Crippen LogP contribution in [0.25, 0.3) is 23.2 Å². The molecule has 3 aromatic rings. The van der Waals surface area contributed by atoms with Crippen LogP contribution in [0, 0.1) is 0 Å². The van der Waals surface area contributed by atoms with Gasteiger partial charge in [0.1, 0.15) is 11.6 Å². The molecule has 0 amide bonds. The van der Waals surface area contributed by atoms with Crippen molar-refractivity contribution >= 4 is 29.0 Å². The highest BCUT2D eigenvalue weighted by Gasteiger charge is 2.12. The largest absolute Gasteiger partial charge is 0.329 e. The summed E-state index contributed by atoms with van der Waals surface area (Å²) in [4.78, 5) is 21.4. The molecule has 0 fully saturated rings. The Bertz CT molecular complexity index is 1080. The first kappa shape index (κ1) is 21.5. The lowest BCUT2D eigenvalue weighted by molar-refractivity contribution is -0.110. The van der Waals surface area contributed by atoms with Crippen LogP contribution in [0.3, 0.4) is 0 Å². The lowest BCUT2D eigenvalue weighted by Gasteiger charge is -2.14. The third kappa shape index (κ3) is 4.85. The van der Waals surface area contributed by atoms with Crippen LogP contribution in [0.2, 0.25) is 0 Å². The molecule has 0 aliphatic heterocycles. The van der Waals surface area contributed by atoms with Gasteiger partial charge in [-0.15, -0.1) is 0 Å². The first-order chi connectivity index (χ1) is 14.5. The Hall–Kier alpha value is -3.21. The Balaban J connectivity index is 1.72. The lowest BCUT2D eigenvalue weighted by Crippen LogP contribution is -2.06. The highest BCUT2D eigenvalue weighted by atomic mass is 16.1. The van der Waals surface area contributed by atoms with E-state index in [1.54, 1.807) is 30.5 Å². The monoisotopic (exact) mass is 402 g/mol. The van der Waals surface area contributed by atoms with E-state index >= 15 is 0 Å². The van der Waals surface area contributed by atoms with Crippen molar-refractivity contribution in [3.05, 3.63) is 72.6 Å². The molecule has 5 heteroatoms. The van der Waals surface area contributed by atoms with Gasteiger partial charge in [-0.25, -0.2) is 9.97 Å². The molecule has 2 unspecified atom stereocenters. The average molecular weight is 403 g/mol. The quantitative estimate of drug-likeness (QED) is 0.324. The molecule has 156 valence electrons. The van der Waals surface area contributed by atoms with Crippen LogP contribution in [0.4, 0.5) is 0 Å². The van der Waals surface area contributed by atoms with Gasteiger partial charge in [0.15, 0.2) is 5.78 Å². The molecule has 3 rings (SSSR count). The fourth-order valence-electron chi connectivity index (χ4n) is 3.35. The van der Waals surface area contributed by atoms with E-state index in [0.29, 0.717) is 12.1 Å². The minimum Gasteiger partial charge on any atom is -0.329 e. The number of benzene rings is 1. The van der Waals surface area contributed by atoms with Crippen molar-refractivity contribution in [2.24, 2.45) is 0 Å². The van der Waals surface area contributed by atoms with E-state index in [4.69, 9.17) is 4.98 Å². The van der Waals surface area contributed by atoms with Gasteiger partial charge in [0.25, 0.3) is 0 Å². The van der Waals surface area contributed by atoms with E-state index < -0.39 is 0 Å². The van der Waals surface area contributed by atoms with E-state index in [1.165, 1.54) is 0 Å². The summed E-state index contributed by atoms with van der Waals surface area (Å²) in [6.07, 6.45) is 16.3. The summed E-state index contributed by atoms with van der Waals surface area (Å²) in [5.74, 6) is 1.62. The average Bonchev–Trinajstić information content (AvgIpc) is 3.38. The molecule has 0 aliphatic rings. The van der Waals surface area contributed by atoms with Gasteiger partial charge in [0, 0.05) is 24.5 Å². The highest BCUT2D eigenvalue weighted by Crippen LogP contribution is 2.23. The van der Waals surface area contributed by atoms with Crippen LogP contribution in [0.15, 0.2) is 61.0 Å². The number of hydrogen-bond acceptors (Lipinski definition) is 3. The van der Waals surface area contributed by atoms with E-state index in [2.05, 4.69) is 47.9 Å². The van der Waals surface area contributed by atoms with E-state index in [0.717, 1.165) is 35.5 Å². The number of para-hydroxylation sites is 2. The van der Waals surface area contributed by atoms with Crippen LogP contribution in [0.5, 0.6) is 0 Å². The van der Waals surface area contributed by atoms with Gasteiger partial charge in [0.2, 0.25) is 0 Å². The zero-order chi connectivity index (χ0) is 21.5. The number of fused-ring (bicyclic) bond motifs is 1. The normalized spacial score (nSPS) is 14.4. The molecule has 1 aromatic carbocycles. The molecule has 0 aliphatic carbocycles. The van der Waals surface area contributed by atoms with E-state index in [1.807, 2.05) is 36.5 Å². The molecule has 30 heavy (non-hydrogen) atoms. The van der Waals surface area contributed by atoms with Crippen LogP contribution in [-0.2, 0) is 4.79 Å². The Morgan fingerprint density at radius 3 is 2.53 bits per heavy atom. The Labute approximate surface area is 178 Å². The van der Waals surface area contributed by atoms with Crippen molar-refractivity contribution in [2.75, 3.05) is 0 Å². The molecule has 0 saturated carbocycles. The SMILES string of the molecule is CCC(C)n1ccnc1/C=C/C=C/C(=O)/C=C/c1nc2ccccc2n1C(C)CC. The molecule has 0 spiro atoms. The second-order valence-electron chi connectivity index (χ2n) is 7.49. The number of allylic oxidation sites excluding steroid dienone is 4. The zero-order valence-electron chi connectivity index (χ0n) is 18.2. The van der Waals surface area contributed by atoms with Crippen LogP contribution < -0.4 is 0 Å². The Kier molecular flexibility index (Phi) is 7.17. The fourth-order valence-corrected chi connectivity index (χ4v) is 3.35. The van der Waals surface area contributed by atoms with Crippen molar-refractivity contribution in [2.45, 2.75) is 52.6 Å². The summed E-state index contributed by atoms with van der Waals surface area (Å²) in [6.45, 7) is 8.63. The molecular weight excluding hydrogens is 372 g/mol. The van der Waals surface area contributed by atoms with Gasteiger partial charge in [-0.1, -0.05) is 38.1 Å². The van der Waals surface area contributed by atoms with E-state index in [-0.39, 0.29) is 5.78 Å². The third-order valence-corrected chi connectivity index (χ3v) is 5.43. The standard InChI is InChI=1S/C25H30N4O/c1-5-19(3)28-18-17-26-24(28)14-10-7-11-21(30)15-16-25-27-22-12-8-9-13-23(22)29(25)20(4)6-2/h7-20H,5-6H2,1-4H3/b11-7+,14-10+,16-15+. The number of rotatable bonds is 9. The predicted octanol–water partition coefficient (Wildman–Crippen LogP) is 6.03. The lowest BCUT2D eigenvalue weighted by atomic mass is 10.2. The first-order valence-corrected chi connectivity index (χ1v) is 10.6. The fraction of sp³-hybridized carbons (Fsp3) is 0.320. The zero-order valence-corrected chi connectivity index (χ0v) is 18.2. The Morgan fingerprint density at radius 2 is 1.77 bits per heavy atom. The molecular formula is C25H30N4O. The maximum atomic E-state index is 12.3. The summed E-state index contributed by atoms with van der Waals surface area (Å²) in [6, 6.07) is 8.77. The number of imidazole rings is 2. The van der Waals surface area contributed by atoms with Crippen molar-refractivity contribution in [3.63, 3.8) is 0 Å². The van der Waals surface area contributed by atoms with E-state index in [9.17, 15) is 4.79 Å². The number of aromatic nitrogens is 4. The minimum atomic E-state index is -0.0762. The van der Waals surface area contributed by atoms with Crippen molar-refractivity contribution < 1.29 is 4.79 Å². The number of ketones is 1. The van der Waals surface area contributed by atoms with Crippen LogP contribution >= 0.6 is 0 Å². The van der Waals surface area contributed by atoms with Gasteiger partial charge in [0.05, 0.1) is 11.0 Å². The predicted molar refractivity (Wildman–Crippen MR) is 124 cm³/mol. The molecule has 0 N–H and O–H groups in total. The number of carbonyl (C=O) groups excluding carboxylic acids is 1. The van der Waals surface area contributed by atoms with Crippen molar-refractivity contribution in [1.29, 1.82) is 0 Å². The summed E-state index contributed by atoms with van der Waals surface area (Å²) in [5, 5.41) is 0. The van der Waals surface area contributed by atoms with Crippen LogP contribution in [0.1, 0.15) is 64.3 Å². The number of carbonyl (C=O) groups is 1. The highest BCUT2D eigenvalue weighted by molar-refractivity contribution is 6.02. The smallest absolute Gasteiger partial charge is 0.178 e. The molecule has 0 radical (unpaired) electrons.